The number of rotatable bonds is 4. The molecule has 0 aliphatic carbocycles. The number of ether oxygens (including phenoxy) is 2. The van der Waals surface area contributed by atoms with Crippen molar-refractivity contribution in [3.05, 3.63) is 24.3 Å². The molecule has 2 aliphatic rings. The van der Waals surface area contributed by atoms with Crippen molar-refractivity contribution in [3.8, 4) is 0 Å². The molecule has 1 aromatic heterocycles. The Kier molecular flexibility index (Phi) is 4.95. The third kappa shape index (κ3) is 3.75. The van der Waals surface area contributed by atoms with E-state index in [4.69, 9.17) is 9.47 Å². The van der Waals surface area contributed by atoms with Gasteiger partial charge in [0.25, 0.3) is 0 Å². The highest BCUT2D eigenvalue weighted by molar-refractivity contribution is 4.98. The van der Waals surface area contributed by atoms with Gasteiger partial charge in [-0.3, -0.25) is 4.90 Å². The molecule has 0 amide bonds. The summed E-state index contributed by atoms with van der Waals surface area (Å²) in [5, 5.41) is 0. The number of nitrogens with zero attached hydrogens (tertiary/aromatic N) is 3. The highest BCUT2D eigenvalue weighted by atomic mass is 16.5. The summed E-state index contributed by atoms with van der Waals surface area (Å²) in [7, 11) is 0. The van der Waals surface area contributed by atoms with E-state index in [0.717, 1.165) is 51.4 Å². The molecule has 0 aromatic carbocycles. The summed E-state index contributed by atoms with van der Waals surface area (Å²) in [5.74, 6) is 0. The van der Waals surface area contributed by atoms with Crippen LogP contribution in [0.4, 0.5) is 0 Å². The second kappa shape index (κ2) is 7.11. The second-order valence-corrected chi connectivity index (χ2v) is 5.57. The maximum absolute atomic E-state index is 5.90. The first-order chi connectivity index (χ1) is 9.92. The molecule has 3 heterocycles. The van der Waals surface area contributed by atoms with Crippen molar-refractivity contribution >= 4 is 0 Å². The molecule has 1 atom stereocenters. The summed E-state index contributed by atoms with van der Waals surface area (Å²) in [4.78, 5) is 10.8. The Morgan fingerprint density at radius 2 is 2.15 bits per heavy atom. The number of aryl methyl sites for hydroxylation is 1. The average molecular weight is 277 g/mol. The zero-order valence-electron chi connectivity index (χ0n) is 11.9. The fraction of sp³-hybridized carbons (Fsp3) is 0.733. The SMILES string of the molecule is c1cc(CC[C@H]2CN(C3CCOCC3)CCO2)ncn1. The van der Waals surface area contributed by atoms with Crippen molar-refractivity contribution < 1.29 is 9.47 Å². The van der Waals surface area contributed by atoms with E-state index in [1.807, 2.05) is 6.07 Å². The summed E-state index contributed by atoms with van der Waals surface area (Å²) >= 11 is 0. The van der Waals surface area contributed by atoms with Crippen LogP contribution in [0, 0.1) is 0 Å². The minimum Gasteiger partial charge on any atom is -0.381 e. The zero-order valence-corrected chi connectivity index (χ0v) is 11.9. The van der Waals surface area contributed by atoms with Crippen LogP contribution in [0.1, 0.15) is 25.0 Å². The zero-order chi connectivity index (χ0) is 13.6. The molecule has 2 aliphatic heterocycles. The van der Waals surface area contributed by atoms with E-state index in [1.165, 1.54) is 12.8 Å². The van der Waals surface area contributed by atoms with E-state index >= 15 is 0 Å². The van der Waals surface area contributed by atoms with Gasteiger partial charge in [0.15, 0.2) is 0 Å². The van der Waals surface area contributed by atoms with Crippen molar-refractivity contribution in [2.24, 2.45) is 0 Å². The molecule has 0 spiro atoms. The summed E-state index contributed by atoms with van der Waals surface area (Å²) < 4.78 is 11.4. The first-order valence-corrected chi connectivity index (χ1v) is 7.60. The molecule has 5 nitrogen and oxygen atoms in total. The van der Waals surface area contributed by atoms with Crippen LogP contribution in [0.2, 0.25) is 0 Å². The van der Waals surface area contributed by atoms with E-state index < -0.39 is 0 Å². The standard InChI is InChI=1S/C15H23N3O2/c1(13-3-6-16-12-17-13)2-15-11-18(7-10-20-15)14-4-8-19-9-5-14/h3,6,12,14-15H,1-2,4-5,7-11H2/t15-/m0/s1. The van der Waals surface area contributed by atoms with Crippen molar-refractivity contribution in [2.75, 3.05) is 32.9 Å². The summed E-state index contributed by atoms with van der Waals surface area (Å²) in [6.45, 7) is 4.79. The van der Waals surface area contributed by atoms with Gasteiger partial charge in [-0.25, -0.2) is 9.97 Å². The lowest BCUT2D eigenvalue weighted by atomic mass is 10.0. The number of aromatic nitrogens is 2. The Labute approximate surface area is 120 Å². The maximum Gasteiger partial charge on any atom is 0.115 e. The van der Waals surface area contributed by atoms with Crippen LogP contribution in [-0.4, -0.2) is 59.9 Å². The van der Waals surface area contributed by atoms with Gasteiger partial charge in [0.1, 0.15) is 6.33 Å². The molecule has 0 N–H and O–H groups in total. The molecule has 5 heteroatoms. The summed E-state index contributed by atoms with van der Waals surface area (Å²) in [6.07, 6.45) is 8.09. The Balaban J connectivity index is 1.47. The van der Waals surface area contributed by atoms with Gasteiger partial charge in [-0.15, -0.1) is 0 Å². The summed E-state index contributed by atoms with van der Waals surface area (Å²) in [5.41, 5.74) is 1.10. The van der Waals surface area contributed by atoms with Crippen LogP contribution in [0.3, 0.4) is 0 Å². The summed E-state index contributed by atoms with van der Waals surface area (Å²) in [6, 6.07) is 2.67. The van der Waals surface area contributed by atoms with Crippen LogP contribution in [0.15, 0.2) is 18.6 Å². The van der Waals surface area contributed by atoms with E-state index in [2.05, 4.69) is 14.9 Å². The molecule has 0 saturated carbocycles. The third-order valence-corrected chi connectivity index (χ3v) is 4.24. The normalized spacial score (nSPS) is 25.7. The van der Waals surface area contributed by atoms with Gasteiger partial charge in [0.05, 0.1) is 12.7 Å². The first kappa shape index (κ1) is 13.9. The van der Waals surface area contributed by atoms with Crippen LogP contribution in [0.25, 0.3) is 0 Å². The lowest BCUT2D eigenvalue weighted by molar-refractivity contribution is -0.0639. The smallest absolute Gasteiger partial charge is 0.115 e. The predicted molar refractivity (Wildman–Crippen MR) is 75.5 cm³/mol. The Morgan fingerprint density at radius 3 is 2.95 bits per heavy atom. The molecular weight excluding hydrogens is 254 g/mol. The molecule has 3 rings (SSSR count). The van der Waals surface area contributed by atoms with E-state index in [1.54, 1.807) is 12.5 Å². The quantitative estimate of drug-likeness (QED) is 0.830. The fourth-order valence-corrected chi connectivity index (χ4v) is 3.07. The largest absolute Gasteiger partial charge is 0.381 e. The Bertz CT molecular complexity index is 395. The van der Waals surface area contributed by atoms with Crippen LogP contribution >= 0.6 is 0 Å². The molecule has 0 unspecified atom stereocenters. The van der Waals surface area contributed by atoms with Crippen LogP contribution in [0.5, 0.6) is 0 Å². The van der Waals surface area contributed by atoms with Crippen LogP contribution < -0.4 is 0 Å². The minimum atomic E-state index is 0.335. The Morgan fingerprint density at radius 1 is 1.25 bits per heavy atom. The van der Waals surface area contributed by atoms with Gasteiger partial charge < -0.3 is 9.47 Å². The van der Waals surface area contributed by atoms with Crippen molar-refractivity contribution in [1.82, 2.24) is 14.9 Å². The van der Waals surface area contributed by atoms with Gasteiger partial charge in [-0.2, -0.15) is 0 Å². The molecule has 110 valence electrons. The topological polar surface area (TPSA) is 47.5 Å². The van der Waals surface area contributed by atoms with Crippen molar-refractivity contribution in [3.63, 3.8) is 0 Å². The molecule has 0 bridgehead atoms. The van der Waals surface area contributed by atoms with Crippen molar-refractivity contribution in [1.29, 1.82) is 0 Å². The third-order valence-electron chi connectivity index (χ3n) is 4.24. The van der Waals surface area contributed by atoms with Gasteiger partial charge in [0.2, 0.25) is 0 Å². The maximum atomic E-state index is 5.90. The molecule has 2 saturated heterocycles. The van der Waals surface area contributed by atoms with Gasteiger partial charge in [-0.05, 0) is 31.7 Å². The van der Waals surface area contributed by atoms with E-state index in [9.17, 15) is 0 Å². The van der Waals surface area contributed by atoms with Gasteiger partial charge >= 0.3 is 0 Å². The van der Waals surface area contributed by atoms with E-state index in [-0.39, 0.29) is 0 Å². The number of hydrogen-bond acceptors (Lipinski definition) is 5. The average Bonchev–Trinajstić information content (AvgIpc) is 2.55. The Hall–Kier alpha value is -1.04. The number of morpholine rings is 1. The second-order valence-electron chi connectivity index (χ2n) is 5.57. The van der Waals surface area contributed by atoms with Crippen LogP contribution in [-0.2, 0) is 15.9 Å². The highest BCUT2D eigenvalue weighted by Gasteiger charge is 2.27. The lowest BCUT2D eigenvalue weighted by Crippen LogP contribution is -2.49. The van der Waals surface area contributed by atoms with E-state index in [0.29, 0.717) is 12.1 Å². The lowest BCUT2D eigenvalue weighted by Gasteiger charge is -2.39. The monoisotopic (exact) mass is 277 g/mol. The highest BCUT2D eigenvalue weighted by Crippen LogP contribution is 2.19. The van der Waals surface area contributed by atoms with Crippen molar-refractivity contribution in [2.45, 2.75) is 37.8 Å². The molecule has 2 fully saturated rings. The fourth-order valence-electron chi connectivity index (χ4n) is 3.07. The first-order valence-electron chi connectivity index (χ1n) is 7.60. The van der Waals surface area contributed by atoms with Gasteiger partial charge in [0, 0.05) is 44.2 Å². The number of hydrogen-bond donors (Lipinski definition) is 0. The molecular formula is C15H23N3O2. The molecule has 0 radical (unpaired) electrons. The van der Waals surface area contributed by atoms with Gasteiger partial charge in [-0.1, -0.05) is 0 Å². The predicted octanol–water partition coefficient (Wildman–Crippen LogP) is 1.29. The minimum absolute atomic E-state index is 0.335. The molecule has 1 aromatic rings. The molecule has 20 heavy (non-hydrogen) atoms.